The molecule has 0 aliphatic carbocycles. The highest BCUT2D eigenvalue weighted by atomic mass is 35.5. The van der Waals surface area contributed by atoms with Crippen molar-refractivity contribution in [3.8, 4) is 0 Å². The number of H-pyrrole nitrogens is 1. The first-order valence-electron chi connectivity index (χ1n) is 7.26. The number of benzene rings is 1. The van der Waals surface area contributed by atoms with Crippen LogP contribution in [0.1, 0.15) is 32.4 Å². The predicted octanol–water partition coefficient (Wildman–Crippen LogP) is 4.10. The first-order valence-corrected chi connectivity index (χ1v) is 7.64. The van der Waals surface area contributed by atoms with E-state index in [4.69, 9.17) is 11.6 Å². The van der Waals surface area contributed by atoms with Gasteiger partial charge in [-0.25, -0.2) is 0 Å². The van der Waals surface area contributed by atoms with Crippen molar-refractivity contribution in [3.63, 3.8) is 0 Å². The first kappa shape index (κ1) is 13.7. The Morgan fingerprint density at radius 3 is 3.10 bits per heavy atom. The van der Waals surface area contributed by atoms with Crippen molar-refractivity contribution in [2.75, 3.05) is 13.1 Å². The Morgan fingerprint density at radius 2 is 2.30 bits per heavy atom. The number of hydrogen-bond acceptors (Lipinski definition) is 2. The summed E-state index contributed by atoms with van der Waals surface area (Å²) >= 11 is 6.21. The highest BCUT2D eigenvalue weighted by Crippen LogP contribution is 2.30. The molecule has 2 heterocycles. The largest absolute Gasteiger partial charge is 0.296 e. The molecule has 1 aliphatic rings. The van der Waals surface area contributed by atoms with Gasteiger partial charge in [0.1, 0.15) is 0 Å². The summed E-state index contributed by atoms with van der Waals surface area (Å²) in [7, 11) is 0. The molecule has 3 rings (SSSR count). The van der Waals surface area contributed by atoms with E-state index in [2.05, 4.69) is 41.1 Å². The van der Waals surface area contributed by atoms with Gasteiger partial charge in [-0.15, -0.1) is 0 Å². The molecule has 0 fully saturated rings. The van der Waals surface area contributed by atoms with Gasteiger partial charge < -0.3 is 0 Å². The van der Waals surface area contributed by atoms with Gasteiger partial charge >= 0.3 is 0 Å². The summed E-state index contributed by atoms with van der Waals surface area (Å²) in [5.74, 6) is 0. The Kier molecular flexibility index (Phi) is 3.81. The number of hydrogen-bond donors (Lipinski definition) is 1. The van der Waals surface area contributed by atoms with E-state index in [1.54, 1.807) is 0 Å². The van der Waals surface area contributed by atoms with Crippen molar-refractivity contribution in [3.05, 3.63) is 35.0 Å². The predicted molar refractivity (Wildman–Crippen MR) is 85.0 cm³/mol. The summed E-state index contributed by atoms with van der Waals surface area (Å²) in [6, 6.07) is 6.59. The minimum absolute atomic E-state index is 0.618. The molecule has 1 N–H and O–H groups in total. The maximum atomic E-state index is 6.21. The summed E-state index contributed by atoms with van der Waals surface area (Å²) in [6.45, 7) is 6.65. The van der Waals surface area contributed by atoms with E-state index in [1.165, 1.54) is 12.0 Å². The molecule has 106 valence electrons. The third-order valence-electron chi connectivity index (χ3n) is 4.25. The number of nitrogens with zero attached hydrogens (tertiary/aromatic N) is 2. The number of halogens is 1. The number of aromatic amines is 1. The second-order valence-corrected chi connectivity index (χ2v) is 5.89. The molecule has 1 atom stereocenters. The zero-order chi connectivity index (χ0) is 14.1. The zero-order valence-electron chi connectivity index (χ0n) is 12.0. The van der Waals surface area contributed by atoms with Crippen molar-refractivity contribution in [1.82, 2.24) is 15.1 Å². The molecule has 1 aromatic heterocycles. The quantitative estimate of drug-likeness (QED) is 0.922. The molecular weight excluding hydrogens is 270 g/mol. The van der Waals surface area contributed by atoms with Crippen LogP contribution in [0.15, 0.2) is 24.3 Å². The van der Waals surface area contributed by atoms with Crippen LogP contribution in [0.2, 0.25) is 5.02 Å². The first-order chi connectivity index (χ1) is 9.70. The monoisotopic (exact) mass is 289 g/mol. The van der Waals surface area contributed by atoms with Gasteiger partial charge in [-0.3, -0.25) is 10.00 Å². The van der Waals surface area contributed by atoms with Gasteiger partial charge in [0.2, 0.25) is 0 Å². The van der Waals surface area contributed by atoms with Gasteiger partial charge in [0.25, 0.3) is 0 Å². The normalized spacial score (nSPS) is 18.2. The lowest BCUT2D eigenvalue weighted by atomic mass is 10.0. The molecule has 1 aliphatic heterocycles. The van der Waals surface area contributed by atoms with Crippen molar-refractivity contribution < 1.29 is 0 Å². The van der Waals surface area contributed by atoms with Crippen molar-refractivity contribution in [2.45, 2.75) is 32.7 Å². The summed E-state index contributed by atoms with van der Waals surface area (Å²) < 4.78 is 0. The zero-order valence-corrected chi connectivity index (χ0v) is 12.7. The maximum Gasteiger partial charge on any atom is 0.0969 e. The van der Waals surface area contributed by atoms with E-state index >= 15 is 0 Å². The molecule has 2 aromatic rings. The van der Waals surface area contributed by atoms with Gasteiger partial charge in [-0.1, -0.05) is 36.7 Å². The van der Waals surface area contributed by atoms with E-state index in [1.807, 2.05) is 12.1 Å². The summed E-state index contributed by atoms with van der Waals surface area (Å²) in [5.41, 5.74) is 3.30. The smallest absolute Gasteiger partial charge is 0.0969 e. The van der Waals surface area contributed by atoms with Crippen LogP contribution in [0.5, 0.6) is 0 Å². The average molecular weight is 290 g/mol. The van der Waals surface area contributed by atoms with Crippen LogP contribution in [-0.2, 0) is 0 Å². The van der Waals surface area contributed by atoms with Gasteiger partial charge in [0.15, 0.2) is 0 Å². The van der Waals surface area contributed by atoms with E-state index in [9.17, 15) is 0 Å². The molecule has 1 aromatic carbocycles. The maximum absolute atomic E-state index is 6.21. The topological polar surface area (TPSA) is 31.9 Å². The molecule has 20 heavy (non-hydrogen) atoms. The van der Waals surface area contributed by atoms with Crippen LogP contribution in [0, 0.1) is 0 Å². The van der Waals surface area contributed by atoms with Crippen molar-refractivity contribution in [1.29, 1.82) is 0 Å². The number of fused-ring (bicyclic) bond motifs is 1. The molecule has 0 radical (unpaired) electrons. The second kappa shape index (κ2) is 5.58. The molecule has 4 heteroatoms. The van der Waals surface area contributed by atoms with Crippen LogP contribution in [-0.4, -0.2) is 34.2 Å². The fraction of sp³-hybridized carbons (Fsp3) is 0.438. The number of aromatic nitrogens is 2. The van der Waals surface area contributed by atoms with Gasteiger partial charge in [-0.05, 0) is 31.4 Å². The average Bonchev–Trinajstić information content (AvgIpc) is 2.92. The standard InChI is InChI=1S/C16H20ClN3/c1-3-11(2)20-9-5-6-12(10-20)15-13-7-4-8-14(17)16(13)19-18-15/h4,6-8,11H,3,5,9-10H2,1-2H3,(H,18,19). The molecule has 0 amide bonds. The highest BCUT2D eigenvalue weighted by molar-refractivity contribution is 6.35. The Labute approximate surface area is 124 Å². The Balaban J connectivity index is 1.95. The SMILES string of the molecule is CCC(C)N1CCC=C(c2n[nH]c3c(Cl)cccc23)C1. The molecule has 0 saturated heterocycles. The lowest BCUT2D eigenvalue weighted by Gasteiger charge is -2.31. The van der Waals surface area contributed by atoms with Gasteiger partial charge in [0.05, 0.1) is 16.2 Å². The van der Waals surface area contributed by atoms with Crippen LogP contribution in [0.25, 0.3) is 16.5 Å². The fourth-order valence-electron chi connectivity index (χ4n) is 2.82. The number of rotatable bonds is 3. The van der Waals surface area contributed by atoms with Crippen LogP contribution < -0.4 is 0 Å². The Hall–Kier alpha value is -1.32. The van der Waals surface area contributed by atoms with Gasteiger partial charge in [0, 0.05) is 24.5 Å². The fourth-order valence-corrected chi connectivity index (χ4v) is 3.04. The van der Waals surface area contributed by atoms with Crippen LogP contribution >= 0.6 is 11.6 Å². The lowest BCUT2D eigenvalue weighted by molar-refractivity contribution is 0.227. The molecule has 1 unspecified atom stereocenters. The number of para-hydroxylation sites is 1. The number of nitrogens with one attached hydrogen (secondary N) is 1. The van der Waals surface area contributed by atoms with E-state index in [0.717, 1.165) is 41.1 Å². The molecule has 0 bridgehead atoms. The van der Waals surface area contributed by atoms with E-state index < -0.39 is 0 Å². The molecular formula is C16H20ClN3. The minimum atomic E-state index is 0.618. The van der Waals surface area contributed by atoms with Crippen LogP contribution in [0.3, 0.4) is 0 Å². The summed E-state index contributed by atoms with van der Waals surface area (Å²) in [6.07, 6.45) is 4.59. The Morgan fingerprint density at radius 1 is 1.45 bits per heavy atom. The molecule has 0 spiro atoms. The molecule has 0 saturated carbocycles. The third kappa shape index (κ3) is 2.36. The van der Waals surface area contributed by atoms with Crippen molar-refractivity contribution in [2.24, 2.45) is 0 Å². The summed E-state index contributed by atoms with van der Waals surface area (Å²) in [5, 5.41) is 9.42. The Bertz CT molecular complexity index is 644. The van der Waals surface area contributed by atoms with Gasteiger partial charge in [-0.2, -0.15) is 5.10 Å². The highest BCUT2D eigenvalue weighted by Gasteiger charge is 2.20. The van der Waals surface area contributed by atoms with E-state index in [0.29, 0.717) is 6.04 Å². The third-order valence-corrected chi connectivity index (χ3v) is 4.56. The van der Waals surface area contributed by atoms with Crippen LogP contribution in [0.4, 0.5) is 0 Å². The van der Waals surface area contributed by atoms with Crippen molar-refractivity contribution >= 4 is 28.1 Å². The second-order valence-electron chi connectivity index (χ2n) is 5.48. The lowest BCUT2D eigenvalue weighted by Crippen LogP contribution is -2.36. The molecule has 3 nitrogen and oxygen atoms in total. The summed E-state index contributed by atoms with van der Waals surface area (Å²) in [4.78, 5) is 2.53. The van der Waals surface area contributed by atoms with E-state index in [-0.39, 0.29) is 0 Å². The minimum Gasteiger partial charge on any atom is -0.296 e.